The van der Waals surface area contributed by atoms with Crippen molar-refractivity contribution in [3.8, 4) is 0 Å². The van der Waals surface area contributed by atoms with Crippen LogP contribution in [0.5, 0.6) is 0 Å². The number of pyridine rings is 1. The van der Waals surface area contributed by atoms with Crippen LogP contribution in [0, 0.1) is 12.7 Å². The maximum Gasteiger partial charge on any atom is 0.126 e. The van der Waals surface area contributed by atoms with Crippen LogP contribution in [0.3, 0.4) is 0 Å². The number of aryl methyl sites for hydroxylation is 1. The molecule has 0 aliphatic heterocycles. The van der Waals surface area contributed by atoms with Gasteiger partial charge in [-0.25, -0.2) is 4.39 Å². The zero-order valence-electron chi connectivity index (χ0n) is 10.5. The van der Waals surface area contributed by atoms with Crippen LogP contribution in [0.2, 0.25) is 0 Å². The molecule has 1 atom stereocenters. The third-order valence-electron chi connectivity index (χ3n) is 3.09. The Morgan fingerprint density at radius 1 is 1.42 bits per heavy atom. The maximum atomic E-state index is 13.8. The van der Waals surface area contributed by atoms with E-state index < -0.39 is 0 Å². The summed E-state index contributed by atoms with van der Waals surface area (Å²) in [6.45, 7) is 1.98. The number of nitrogens with two attached hydrogens (primary N) is 1. The van der Waals surface area contributed by atoms with E-state index in [0.29, 0.717) is 12.0 Å². The van der Waals surface area contributed by atoms with Crippen molar-refractivity contribution in [2.24, 2.45) is 5.84 Å². The lowest BCUT2D eigenvalue weighted by atomic mass is 9.97. The van der Waals surface area contributed by atoms with E-state index in [1.54, 1.807) is 24.5 Å². The monoisotopic (exact) mass is 323 g/mol. The van der Waals surface area contributed by atoms with E-state index in [4.69, 9.17) is 5.84 Å². The Labute approximate surface area is 120 Å². The molecule has 0 aliphatic rings. The summed E-state index contributed by atoms with van der Waals surface area (Å²) in [4.78, 5) is 4.10. The first-order valence-corrected chi connectivity index (χ1v) is 6.71. The van der Waals surface area contributed by atoms with Crippen molar-refractivity contribution >= 4 is 15.9 Å². The van der Waals surface area contributed by atoms with Gasteiger partial charge < -0.3 is 0 Å². The molecule has 0 spiro atoms. The first-order chi connectivity index (χ1) is 9.11. The van der Waals surface area contributed by atoms with Gasteiger partial charge in [0.25, 0.3) is 0 Å². The summed E-state index contributed by atoms with van der Waals surface area (Å²) in [5, 5.41) is 0. The summed E-state index contributed by atoms with van der Waals surface area (Å²) in [5.41, 5.74) is 5.40. The Morgan fingerprint density at radius 2 is 2.21 bits per heavy atom. The van der Waals surface area contributed by atoms with Crippen LogP contribution in [0.4, 0.5) is 4.39 Å². The molecule has 19 heavy (non-hydrogen) atoms. The number of nitrogens with one attached hydrogen (secondary N) is 1. The number of halogens is 2. The summed E-state index contributed by atoms with van der Waals surface area (Å²) >= 11 is 3.35. The highest BCUT2D eigenvalue weighted by atomic mass is 79.9. The van der Waals surface area contributed by atoms with Gasteiger partial charge in [0, 0.05) is 16.9 Å². The zero-order valence-corrected chi connectivity index (χ0v) is 12.1. The first-order valence-electron chi connectivity index (χ1n) is 5.92. The second-order valence-corrected chi connectivity index (χ2v) is 5.31. The van der Waals surface area contributed by atoms with Gasteiger partial charge in [-0.2, -0.15) is 0 Å². The van der Waals surface area contributed by atoms with E-state index in [1.807, 2.05) is 13.0 Å². The quantitative estimate of drug-likeness (QED) is 0.671. The average Bonchev–Trinajstić information content (AvgIpc) is 2.41. The summed E-state index contributed by atoms with van der Waals surface area (Å²) in [7, 11) is 0. The van der Waals surface area contributed by atoms with Crippen molar-refractivity contribution < 1.29 is 4.39 Å². The summed E-state index contributed by atoms with van der Waals surface area (Å²) in [6, 6.07) is 6.64. The fourth-order valence-electron chi connectivity index (χ4n) is 2.02. The van der Waals surface area contributed by atoms with Crippen molar-refractivity contribution in [1.29, 1.82) is 0 Å². The first kappa shape index (κ1) is 14.1. The van der Waals surface area contributed by atoms with Crippen LogP contribution in [0.25, 0.3) is 0 Å². The Kier molecular flexibility index (Phi) is 4.63. The van der Waals surface area contributed by atoms with Crippen LogP contribution in [0.1, 0.15) is 22.7 Å². The maximum absolute atomic E-state index is 13.8. The van der Waals surface area contributed by atoms with Crippen molar-refractivity contribution in [2.45, 2.75) is 19.4 Å². The molecule has 100 valence electrons. The Hall–Kier alpha value is -1.30. The SMILES string of the molecule is Cc1ccncc1C(Cc1cc(Br)ccc1F)NN. The van der Waals surface area contributed by atoms with E-state index in [2.05, 4.69) is 26.3 Å². The van der Waals surface area contributed by atoms with Crippen LogP contribution >= 0.6 is 15.9 Å². The molecule has 5 heteroatoms. The molecule has 0 aliphatic carbocycles. The highest BCUT2D eigenvalue weighted by Crippen LogP contribution is 2.23. The van der Waals surface area contributed by atoms with Gasteiger partial charge in [0.05, 0.1) is 6.04 Å². The molecule has 0 saturated heterocycles. The fourth-order valence-corrected chi connectivity index (χ4v) is 2.43. The summed E-state index contributed by atoms with van der Waals surface area (Å²) < 4.78 is 14.6. The molecule has 2 rings (SSSR count). The van der Waals surface area contributed by atoms with Crippen molar-refractivity contribution in [2.75, 3.05) is 0 Å². The zero-order chi connectivity index (χ0) is 13.8. The molecule has 1 aromatic carbocycles. The van der Waals surface area contributed by atoms with Crippen LogP contribution < -0.4 is 11.3 Å². The van der Waals surface area contributed by atoms with E-state index >= 15 is 0 Å². The fraction of sp³-hybridized carbons (Fsp3) is 0.214. The molecule has 1 heterocycles. The topological polar surface area (TPSA) is 50.9 Å². The van der Waals surface area contributed by atoms with Gasteiger partial charge in [0.2, 0.25) is 0 Å². The van der Waals surface area contributed by atoms with Crippen LogP contribution in [0.15, 0.2) is 41.1 Å². The molecule has 1 aromatic heterocycles. The van der Waals surface area contributed by atoms with Crippen LogP contribution in [-0.2, 0) is 6.42 Å². The Bertz CT molecular complexity index is 574. The minimum atomic E-state index is -0.231. The standard InChI is InChI=1S/C14H15BrFN3/c1-9-4-5-18-8-12(9)14(19-17)7-10-6-11(15)2-3-13(10)16/h2-6,8,14,19H,7,17H2,1H3. The van der Waals surface area contributed by atoms with Gasteiger partial charge in [-0.3, -0.25) is 16.3 Å². The van der Waals surface area contributed by atoms with E-state index in [0.717, 1.165) is 15.6 Å². The molecular formula is C14H15BrFN3. The Morgan fingerprint density at radius 3 is 2.89 bits per heavy atom. The van der Waals surface area contributed by atoms with E-state index in [-0.39, 0.29) is 11.9 Å². The number of hydrazine groups is 1. The van der Waals surface area contributed by atoms with E-state index in [1.165, 1.54) is 6.07 Å². The van der Waals surface area contributed by atoms with Gasteiger partial charge in [-0.15, -0.1) is 0 Å². The van der Waals surface area contributed by atoms with Gasteiger partial charge >= 0.3 is 0 Å². The van der Waals surface area contributed by atoms with Crippen molar-refractivity contribution in [3.63, 3.8) is 0 Å². The third kappa shape index (κ3) is 3.37. The predicted octanol–water partition coefficient (Wildman–Crippen LogP) is 3.04. The van der Waals surface area contributed by atoms with Gasteiger partial charge in [-0.05, 0) is 54.3 Å². The van der Waals surface area contributed by atoms with Gasteiger partial charge in [0.15, 0.2) is 0 Å². The molecule has 0 fully saturated rings. The number of hydrogen-bond acceptors (Lipinski definition) is 3. The molecule has 2 aromatic rings. The number of benzene rings is 1. The molecule has 0 radical (unpaired) electrons. The lowest BCUT2D eigenvalue weighted by Crippen LogP contribution is -2.30. The minimum Gasteiger partial charge on any atom is -0.271 e. The predicted molar refractivity (Wildman–Crippen MR) is 76.8 cm³/mol. The lowest BCUT2D eigenvalue weighted by molar-refractivity contribution is 0.525. The van der Waals surface area contributed by atoms with Crippen LogP contribution in [-0.4, -0.2) is 4.98 Å². The second kappa shape index (κ2) is 6.23. The molecule has 3 N–H and O–H groups in total. The van der Waals surface area contributed by atoms with Crippen molar-refractivity contribution in [3.05, 3.63) is 63.6 Å². The highest BCUT2D eigenvalue weighted by Gasteiger charge is 2.15. The van der Waals surface area contributed by atoms with E-state index in [9.17, 15) is 4.39 Å². The minimum absolute atomic E-state index is 0.169. The number of hydrogen-bond donors (Lipinski definition) is 2. The number of nitrogens with zero attached hydrogens (tertiary/aromatic N) is 1. The van der Waals surface area contributed by atoms with Crippen molar-refractivity contribution in [1.82, 2.24) is 10.4 Å². The lowest BCUT2D eigenvalue weighted by Gasteiger charge is -2.18. The third-order valence-corrected chi connectivity index (χ3v) is 3.58. The molecule has 1 unspecified atom stereocenters. The molecule has 0 saturated carbocycles. The second-order valence-electron chi connectivity index (χ2n) is 4.39. The molecular weight excluding hydrogens is 309 g/mol. The molecule has 3 nitrogen and oxygen atoms in total. The summed E-state index contributed by atoms with van der Waals surface area (Å²) in [6.07, 6.45) is 3.95. The molecule has 0 bridgehead atoms. The summed E-state index contributed by atoms with van der Waals surface area (Å²) in [5.74, 6) is 5.37. The highest BCUT2D eigenvalue weighted by molar-refractivity contribution is 9.10. The Balaban J connectivity index is 2.29. The molecule has 0 amide bonds. The number of rotatable bonds is 4. The smallest absolute Gasteiger partial charge is 0.126 e. The van der Waals surface area contributed by atoms with Gasteiger partial charge in [0.1, 0.15) is 5.82 Å². The average molecular weight is 324 g/mol. The van der Waals surface area contributed by atoms with Gasteiger partial charge in [-0.1, -0.05) is 15.9 Å². The number of aromatic nitrogens is 1. The largest absolute Gasteiger partial charge is 0.271 e. The normalized spacial score (nSPS) is 12.4.